The molecule has 1 aliphatic heterocycles. The summed E-state index contributed by atoms with van der Waals surface area (Å²) >= 11 is 0. The number of hydrogen-bond donors (Lipinski definition) is 1. The number of piperidine rings is 1. The number of amides is 1. The summed E-state index contributed by atoms with van der Waals surface area (Å²) in [6.45, 7) is 4.90. The Kier molecular flexibility index (Phi) is 6.71. The molecule has 140 valence electrons. The number of aryl methyl sites for hydroxylation is 2. The zero-order valence-corrected chi connectivity index (χ0v) is 15.4. The maximum atomic E-state index is 12.2. The molecule has 1 amide bonds. The van der Waals surface area contributed by atoms with E-state index in [9.17, 15) is 4.79 Å². The van der Waals surface area contributed by atoms with Gasteiger partial charge in [-0.2, -0.15) is 4.98 Å². The molecule has 7 nitrogen and oxygen atoms in total. The maximum Gasteiger partial charge on any atom is 0.227 e. The lowest BCUT2D eigenvalue weighted by molar-refractivity contribution is -0.122. The van der Waals surface area contributed by atoms with Crippen LogP contribution < -0.4 is 5.32 Å². The fourth-order valence-corrected chi connectivity index (χ4v) is 3.19. The highest BCUT2D eigenvalue weighted by molar-refractivity contribution is 5.76. The minimum Gasteiger partial charge on any atom is -0.353 e. The highest BCUT2D eigenvalue weighted by Crippen LogP contribution is 2.13. The Labute approximate surface area is 154 Å². The minimum atomic E-state index is 0.0587. The van der Waals surface area contributed by atoms with E-state index in [0.29, 0.717) is 18.7 Å². The summed E-state index contributed by atoms with van der Waals surface area (Å²) in [5, 5.41) is 7.05. The number of carbonyl (C=O) groups is 1. The fraction of sp³-hybridized carbons (Fsp3) is 0.579. The lowest BCUT2D eigenvalue weighted by Crippen LogP contribution is -2.44. The van der Waals surface area contributed by atoms with Gasteiger partial charge >= 0.3 is 0 Å². The third kappa shape index (κ3) is 5.62. The molecule has 0 spiro atoms. The fourth-order valence-electron chi connectivity index (χ4n) is 3.19. The molecule has 1 N–H and O–H groups in total. The first-order chi connectivity index (χ1) is 12.7. The lowest BCUT2D eigenvalue weighted by atomic mass is 10.0. The van der Waals surface area contributed by atoms with Gasteiger partial charge in [-0.1, -0.05) is 18.1 Å². The molecule has 1 aliphatic rings. The molecular weight excluding hydrogens is 330 g/mol. The van der Waals surface area contributed by atoms with Gasteiger partial charge in [0.25, 0.3) is 0 Å². The lowest BCUT2D eigenvalue weighted by Gasteiger charge is -2.32. The summed E-state index contributed by atoms with van der Waals surface area (Å²) < 4.78 is 5.17. The number of rotatable bonds is 8. The molecule has 0 bridgehead atoms. The molecule has 1 saturated heterocycles. The second-order valence-electron chi connectivity index (χ2n) is 6.79. The van der Waals surface area contributed by atoms with Crippen molar-refractivity contribution in [3.05, 3.63) is 41.8 Å². The van der Waals surface area contributed by atoms with Gasteiger partial charge in [-0.25, -0.2) is 0 Å². The van der Waals surface area contributed by atoms with Crippen molar-refractivity contribution in [1.82, 2.24) is 25.3 Å². The summed E-state index contributed by atoms with van der Waals surface area (Å²) in [6, 6.07) is 6.26. The maximum absolute atomic E-state index is 12.2. The number of nitrogens with one attached hydrogen (secondary N) is 1. The predicted octanol–water partition coefficient (Wildman–Crippen LogP) is 2.13. The predicted molar refractivity (Wildman–Crippen MR) is 97.3 cm³/mol. The highest BCUT2D eigenvalue weighted by Gasteiger charge is 2.21. The van der Waals surface area contributed by atoms with E-state index in [1.807, 2.05) is 18.3 Å². The van der Waals surface area contributed by atoms with E-state index in [4.69, 9.17) is 4.52 Å². The molecule has 0 unspecified atom stereocenters. The zero-order valence-electron chi connectivity index (χ0n) is 15.4. The van der Waals surface area contributed by atoms with Crippen molar-refractivity contribution in [3.63, 3.8) is 0 Å². The van der Waals surface area contributed by atoms with Crippen molar-refractivity contribution in [2.24, 2.45) is 0 Å². The van der Waals surface area contributed by atoms with Crippen LogP contribution in [0.25, 0.3) is 0 Å². The van der Waals surface area contributed by atoms with Crippen molar-refractivity contribution in [2.45, 2.75) is 58.0 Å². The summed E-state index contributed by atoms with van der Waals surface area (Å²) in [6.07, 6.45) is 6.46. The molecule has 0 radical (unpaired) electrons. The molecular formula is C19H27N5O2. The Balaban J connectivity index is 1.35. The van der Waals surface area contributed by atoms with Gasteiger partial charge < -0.3 is 9.84 Å². The molecule has 2 aromatic rings. The zero-order chi connectivity index (χ0) is 18.2. The van der Waals surface area contributed by atoms with E-state index >= 15 is 0 Å². The molecule has 1 fully saturated rings. The standard InChI is InChI=1S/C19H27N5O2/c1-2-5-17-22-19(26-23-17)8-7-18(25)21-15-9-12-24(13-10-15)14-16-6-3-4-11-20-16/h3-4,6,11,15H,2,5,7-10,12-14H2,1H3,(H,21,25). The van der Waals surface area contributed by atoms with Crippen LogP contribution in [0.4, 0.5) is 0 Å². The first-order valence-electron chi connectivity index (χ1n) is 9.46. The first kappa shape index (κ1) is 18.5. The van der Waals surface area contributed by atoms with E-state index in [2.05, 4.69) is 38.3 Å². The summed E-state index contributed by atoms with van der Waals surface area (Å²) in [7, 11) is 0. The third-order valence-corrected chi connectivity index (χ3v) is 4.61. The second-order valence-corrected chi connectivity index (χ2v) is 6.79. The van der Waals surface area contributed by atoms with Gasteiger partial charge in [0, 0.05) is 51.1 Å². The molecule has 0 saturated carbocycles. The number of likely N-dealkylation sites (tertiary alicyclic amines) is 1. The van der Waals surface area contributed by atoms with E-state index in [1.54, 1.807) is 0 Å². The van der Waals surface area contributed by atoms with Gasteiger partial charge in [0.2, 0.25) is 11.8 Å². The quantitative estimate of drug-likeness (QED) is 0.779. The van der Waals surface area contributed by atoms with Crippen LogP contribution in [0.15, 0.2) is 28.9 Å². The SMILES string of the molecule is CCCc1noc(CCC(=O)NC2CCN(Cc3ccccn3)CC2)n1. The highest BCUT2D eigenvalue weighted by atomic mass is 16.5. The minimum absolute atomic E-state index is 0.0587. The van der Waals surface area contributed by atoms with E-state index < -0.39 is 0 Å². The molecule has 3 rings (SSSR count). The number of nitrogens with zero attached hydrogens (tertiary/aromatic N) is 4. The summed E-state index contributed by atoms with van der Waals surface area (Å²) in [5.74, 6) is 1.33. The number of pyridine rings is 1. The van der Waals surface area contributed by atoms with E-state index in [-0.39, 0.29) is 11.9 Å². The average molecular weight is 357 g/mol. The van der Waals surface area contributed by atoms with Crippen LogP contribution in [0, 0.1) is 0 Å². The summed E-state index contributed by atoms with van der Waals surface area (Å²) in [4.78, 5) is 23.2. The molecule has 2 aromatic heterocycles. The Morgan fingerprint density at radius 1 is 1.31 bits per heavy atom. The molecule has 0 aliphatic carbocycles. The van der Waals surface area contributed by atoms with Crippen LogP contribution in [-0.4, -0.2) is 45.1 Å². The van der Waals surface area contributed by atoms with Crippen LogP contribution >= 0.6 is 0 Å². The smallest absolute Gasteiger partial charge is 0.227 e. The normalized spacial score (nSPS) is 15.9. The van der Waals surface area contributed by atoms with Gasteiger partial charge in [-0.15, -0.1) is 0 Å². The molecule has 3 heterocycles. The average Bonchev–Trinajstić information content (AvgIpc) is 3.10. The van der Waals surface area contributed by atoms with Gasteiger partial charge in [-0.3, -0.25) is 14.7 Å². The van der Waals surface area contributed by atoms with Crippen LogP contribution in [0.3, 0.4) is 0 Å². The van der Waals surface area contributed by atoms with Gasteiger partial charge in [0.1, 0.15) is 0 Å². The first-order valence-corrected chi connectivity index (χ1v) is 9.46. The van der Waals surface area contributed by atoms with Crippen LogP contribution in [-0.2, 0) is 24.2 Å². The molecule has 7 heteroatoms. The van der Waals surface area contributed by atoms with Crippen molar-refractivity contribution in [3.8, 4) is 0 Å². The van der Waals surface area contributed by atoms with Crippen molar-refractivity contribution >= 4 is 5.91 Å². The van der Waals surface area contributed by atoms with Crippen LogP contribution in [0.1, 0.15) is 50.0 Å². The van der Waals surface area contributed by atoms with Gasteiger partial charge in [-0.05, 0) is 31.4 Å². The monoisotopic (exact) mass is 357 g/mol. The molecule has 26 heavy (non-hydrogen) atoms. The largest absolute Gasteiger partial charge is 0.353 e. The molecule has 0 atom stereocenters. The summed E-state index contributed by atoms with van der Waals surface area (Å²) in [5.41, 5.74) is 1.09. The van der Waals surface area contributed by atoms with Gasteiger partial charge in [0.15, 0.2) is 5.82 Å². The Hall–Kier alpha value is -2.28. The third-order valence-electron chi connectivity index (χ3n) is 4.61. The molecule has 0 aromatic carbocycles. The van der Waals surface area contributed by atoms with Crippen molar-refractivity contribution in [1.29, 1.82) is 0 Å². The van der Waals surface area contributed by atoms with Crippen LogP contribution in [0.2, 0.25) is 0 Å². The van der Waals surface area contributed by atoms with E-state index in [1.165, 1.54) is 0 Å². The Morgan fingerprint density at radius 3 is 2.88 bits per heavy atom. The Bertz CT molecular complexity index is 680. The Morgan fingerprint density at radius 2 is 2.15 bits per heavy atom. The van der Waals surface area contributed by atoms with Crippen molar-refractivity contribution in [2.75, 3.05) is 13.1 Å². The number of hydrogen-bond acceptors (Lipinski definition) is 6. The topological polar surface area (TPSA) is 84.2 Å². The van der Waals surface area contributed by atoms with E-state index in [0.717, 1.165) is 56.8 Å². The van der Waals surface area contributed by atoms with Gasteiger partial charge in [0.05, 0.1) is 5.69 Å². The number of carbonyl (C=O) groups excluding carboxylic acids is 1. The van der Waals surface area contributed by atoms with Crippen molar-refractivity contribution < 1.29 is 9.32 Å². The van der Waals surface area contributed by atoms with Crippen LogP contribution in [0.5, 0.6) is 0 Å². The number of aromatic nitrogens is 3. The second kappa shape index (κ2) is 9.43.